The molecule has 1 rings (SSSR count). The van der Waals surface area contributed by atoms with Crippen molar-refractivity contribution in [2.45, 2.75) is 39.2 Å². The molecule has 0 aromatic heterocycles. The first-order valence-electron chi connectivity index (χ1n) is 5.40. The molecule has 1 atom stereocenters. The van der Waals surface area contributed by atoms with Crippen LogP contribution in [0.4, 0.5) is 0 Å². The van der Waals surface area contributed by atoms with Crippen LogP contribution in [-0.2, 0) is 0 Å². The highest BCUT2D eigenvalue weighted by molar-refractivity contribution is 5.78. The van der Waals surface area contributed by atoms with E-state index in [1.807, 2.05) is 0 Å². The first kappa shape index (κ1) is 11.1. The molecule has 1 unspecified atom stereocenters. The molecule has 0 spiro atoms. The van der Waals surface area contributed by atoms with E-state index in [1.165, 1.54) is 12.8 Å². The summed E-state index contributed by atoms with van der Waals surface area (Å²) in [6.45, 7) is 4.98. The zero-order valence-electron chi connectivity index (χ0n) is 9.16. The van der Waals surface area contributed by atoms with Crippen LogP contribution in [0.2, 0.25) is 0 Å². The first-order valence-corrected chi connectivity index (χ1v) is 5.40. The first-order chi connectivity index (χ1) is 6.68. The van der Waals surface area contributed by atoms with Crippen molar-refractivity contribution < 1.29 is 0 Å². The van der Waals surface area contributed by atoms with Gasteiger partial charge in [-0.05, 0) is 39.0 Å². The highest BCUT2D eigenvalue weighted by Crippen LogP contribution is 2.17. The van der Waals surface area contributed by atoms with E-state index in [4.69, 9.17) is 5.73 Å². The molecule has 14 heavy (non-hydrogen) atoms. The number of guanidine groups is 1. The van der Waals surface area contributed by atoms with E-state index in [0.29, 0.717) is 17.9 Å². The van der Waals surface area contributed by atoms with Crippen molar-refractivity contribution in [3.8, 4) is 0 Å². The lowest BCUT2D eigenvalue weighted by atomic mass is 9.95. The normalized spacial score (nSPS) is 22.8. The average Bonchev–Trinajstić information content (AvgIpc) is 2.15. The summed E-state index contributed by atoms with van der Waals surface area (Å²) in [6, 6.07) is 0.366. The van der Waals surface area contributed by atoms with Crippen molar-refractivity contribution in [2.24, 2.45) is 16.6 Å². The molecule has 0 bridgehead atoms. The van der Waals surface area contributed by atoms with Gasteiger partial charge in [0.15, 0.2) is 5.96 Å². The lowest BCUT2D eigenvalue weighted by Gasteiger charge is -2.16. The lowest BCUT2D eigenvalue weighted by Crippen LogP contribution is -2.37. The molecular weight excluding hydrogens is 174 g/mol. The summed E-state index contributed by atoms with van der Waals surface area (Å²) in [6.07, 6.45) is 8.08. The Balaban J connectivity index is 2.26. The van der Waals surface area contributed by atoms with Crippen molar-refractivity contribution in [3.63, 3.8) is 0 Å². The lowest BCUT2D eigenvalue weighted by molar-refractivity contribution is 0.491. The highest BCUT2D eigenvalue weighted by atomic mass is 15.1. The van der Waals surface area contributed by atoms with E-state index < -0.39 is 0 Å². The second kappa shape index (κ2) is 5.68. The Bertz CT molecular complexity index is 219. The third-order valence-corrected chi connectivity index (χ3v) is 2.33. The molecule has 3 nitrogen and oxygen atoms in total. The van der Waals surface area contributed by atoms with Crippen molar-refractivity contribution in [3.05, 3.63) is 12.2 Å². The monoisotopic (exact) mass is 195 g/mol. The molecule has 1 aliphatic carbocycles. The van der Waals surface area contributed by atoms with E-state index in [2.05, 4.69) is 36.3 Å². The topological polar surface area (TPSA) is 50.4 Å². The maximum absolute atomic E-state index is 5.71. The van der Waals surface area contributed by atoms with E-state index >= 15 is 0 Å². The van der Waals surface area contributed by atoms with Crippen LogP contribution in [0.25, 0.3) is 0 Å². The molecule has 0 saturated heterocycles. The summed E-state index contributed by atoms with van der Waals surface area (Å²) in [5.74, 6) is 1.27. The number of aliphatic imine (C=N–C) groups is 1. The molecule has 1 aliphatic rings. The maximum Gasteiger partial charge on any atom is 0.188 e. The van der Waals surface area contributed by atoms with Crippen LogP contribution in [0.5, 0.6) is 0 Å². The molecule has 0 fully saturated rings. The van der Waals surface area contributed by atoms with Crippen LogP contribution in [0.3, 0.4) is 0 Å². The summed E-state index contributed by atoms with van der Waals surface area (Å²) in [5, 5.41) is 3.09. The van der Waals surface area contributed by atoms with Crippen molar-refractivity contribution in [2.75, 3.05) is 6.54 Å². The third kappa shape index (κ3) is 4.30. The van der Waals surface area contributed by atoms with Gasteiger partial charge in [-0.1, -0.05) is 12.2 Å². The number of hydrogen-bond donors (Lipinski definition) is 2. The van der Waals surface area contributed by atoms with E-state index in [-0.39, 0.29) is 0 Å². The van der Waals surface area contributed by atoms with Crippen LogP contribution < -0.4 is 11.1 Å². The van der Waals surface area contributed by atoms with Gasteiger partial charge in [0, 0.05) is 12.6 Å². The summed E-state index contributed by atoms with van der Waals surface area (Å²) in [5.41, 5.74) is 5.71. The minimum atomic E-state index is 0.366. The van der Waals surface area contributed by atoms with Crippen LogP contribution in [0, 0.1) is 5.92 Å². The number of allylic oxidation sites excluding steroid dienone is 2. The van der Waals surface area contributed by atoms with E-state index in [1.54, 1.807) is 0 Å². The Morgan fingerprint density at radius 1 is 1.57 bits per heavy atom. The predicted octanol–water partition coefficient (Wildman–Crippen LogP) is 1.66. The van der Waals surface area contributed by atoms with Crippen LogP contribution in [0.15, 0.2) is 17.1 Å². The molecule has 80 valence electrons. The largest absolute Gasteiger partial charge is 0.370 e. The van der Waals surface area contributed by atoms with Crippen molar-refractivity contribution >= 4 is 5.96 Å². The van der Waals surface area contributed by atoms with Gasteiger partial charge >= 0.3 is 0 Å². The average molecular weight is 195 g/mol. The Morgan fingerprint density at radius 2 is 2.36 bits per heavy atom. The second-order valence-corrected chi connectivity index (χ2v) is 4.18. The number of hydrogen-bond acceptors (Lipinski definition) is 1. The smallest absolute Gasteiger partial charge is 0.188 e. The number of rotatable bonds is 3. The maximum atomic E-state index is 5.71. The van der Waals surface area contributed by atoms with Crippen molar-refractivity contribution in [1.82, 2.24) is 5.32 Å². The minimum absolute atomic E-state index is 0.366. The van der Waals surface area contributed by atoms with Gasteiger partial charge in [0.1, 0.15) is 0 Å². The zero-order chi connectivity index (χ0) is 10.4. The quantitative estimate of drug-likeness (QED) is 0.409. The van der Waals surface area contributed by atoms with Gasteiger partial charge in [-0.25, -0.2) is 0 Å². The molecule has 0 aliphatic heterocycles. The fourth-order valence-corrected chi connectivity index (χ4v) is 1.59. The van der Waals surface area contributed by atoms with Gasteiger partial charge in [-0.3, -0.25) is 4.99 Å². The van der Waals surface area contributed by atoms with Gasteiger partial charge < -0.3 is 11.1 Å². The van der Waals surface area contributed by atoms with Gasteiger partial charge in [0.25, 0.3) is 0 Å². The van der Waals surface area contributed by atoms with Crippen LogP contribution in [0.1, 0.15) is 33.1 Å². The standard InChI is InChI=1S/C11H21N3/c1-9(2)14-11(12)13-8-10-6-4-3-5-7-10/h3-4,9-10H,5-8H2,1-2H3,(H3,12,13,14). The molecule has 3 heteroatoms. The Labute approximate surface area is 86.5 Å². The zero-order valence-corrected chi connectivity index (χ0v) is 9.16. The minimum Gasteiger partial charge on any atom is -0.370 e. The fourth-order valence-electron chi connectivity index (χ4n) is 1.59. The van der Waals surface area contributed by atoms with E-state index in [0.717, 1.165) is 13.0 Å². The molecule has 0 aromatic carbocycles. The predicted molar refractivity (Wildman–Crippen MR) is 61.2 cm³/mol. The summed E-state index contributed by atoms with van der Waals surface area (Å²) in [4.78, 5) is 4.34. The summed E-state index contributed by atoms with van der Waals surface area (Å²) in [7, 11) is 0. The molecular formula is C11H21N3. The molecule has 0 radical (unpaired) electrons. The summed E-state index contributed by atoms with van der Waals surface area (Å²) >= 11 is 0. The third-order valence-electron chi connectivity index (χ3n) is 2.33. The van der Waals surface area contributed by atoms with Gasteiger partial charge in [0.2, 0.25) is 0 Å². The molecule has 0 amide bonds. The Hall–Kier alpha value is -0.990. The number of nitrogens with two attached hydrogens (primary N) is 1. The SMILES string of the molecule is CC(C)NC(N)=NCC1CC=CCC1. The summed E-state index contributed by atoms with van der Waals surface area (Å²) < 4.78 is 0. The molecule has 3 N–H and O–H groups in total. The Morgan fingerprint density at radius 3 is 2.93 bits per heavy atom. The Kier molecular flexibility index (Phi) is 4.50. The van der Waals surface area contributed by atoms with Gasteiger partial charge in [0.05, 0.1) is 0 Å². The molecule has 0 saturated carbocycles. The molecule has 0 heterocycles. The number of nitrogens with zero attached hydrogens (tertiary/aromatic N) is 1. The van der Waals surface area contributed by atoms with Gasteiger partial charge in [-0.2, -0.15) is 0 Å². The molecule has 0 aromatic rings. The van der Waals surface area contributed by atoms with E-state index in [9.17, 15) is 0 Å². The fraction of sp³-hybridized carbons (Fsp3) is 0.727. The second-order valence-electron chi connectivity index (χ2n) is 4.18. The number of nitrogens with one attached hydrogen (secondary N) is 1. The highest BCUT2D eigenvalue weighted by Gasteiger charge is 2.08. The van der Waals surface area contributed by atoms with Crippen LogP contribution >= 0.6 is 0 Å². The van der Waals surface area contributed by atoms with Gasteiger partial charge in [-0.15, -0.1) is 0 Å². The van der Waals surface area contributed by atoms with Crippen LogP contribution in [-0.4, -0.2) is 18.5 Å². The van der Waals surface area contributed by atoms with Crippen molar-refractivity contribution in [1.29, 1.82) is 0 Å².